The molecule has 2 aromatic rings. The van der Waals surface area contributed by atoms with Gasteiger partial charge in [-0.05, 0) is 68.5 Å². The molecule has 1 atom stereocenters. The van der Waals surface area contributed by atoms with E-state index >= 15 is 0 Å². The number of rotatable bonds is 7. The molecule has 182 valence electrons. The smallest absolute Gasteiger partial charge is 0.316 e. The number of esters is 1. The zero-order valence-corrected chi connectivity index (χ0v) is 21.0. The van der Waals surface area contributed by atoms with Crippen molar-refractivity contribution in [2.45, 2.75) is 42.9 Å². The molecule has 1 aliphatic heterocycles. The second kappa shape index (κ2) is 9.85. The highest BCUT2D eigenvalue weighted by Crippen LogP contribution is 2.49. The molecule has 1 amide bonds. The minimum Gasteiger partial charge on any atom is -0.465 e. The molecule has 0 aromatic heterocycles. The lowest BCUT2D eigenvalue weighted by atomic mass is 9.95. The van der Waals surface area contributed by atoms with Crippen LogP contribution in [0, 0.1) is 5.92 Å². The normalized spacial score (nSPS) is 19.9. The van der Waals surface area contributed by atoms with E-state index in [0.717, 1.165) is 18.4 Å². The van der Waals surface area contributed by atoms with Crippen LogP contribution in [0.15, 0.2) is 47.4 Å². The summed E-state index contributed by atoms with van der Waals surface area (Å²) in [4.78, 5) is 25.2. The van der Waals surface area contributed by atoms with Crippen LogP contribution in [0.25, 0.3) is 0 Å². The van der Waals surface area contributed by atoms with E-state index in [1.54, 1.807) is 19.1 Å². The molecule has 0 radical (unpaired) electrons. The van der Waals surface area contributed by atoms with Gasteiger partial charge in [0.2, 0.25) is 15.9 Å². The molecule has 2 aliphatic rings. The number of ether oxygens (including phenoxy) is 1. The number of nitrogens with zero attached hydrogens (tertiary/aromatic N) is 1. The Balaban J connectivity index is 1.43. The third-order valence-electron chi connectivity index (χ3n) is 6.39. The SMILES string of the molecule is CCOC(=O)C1(c2ccc(NC(=O)[C@H]3CCCN(S(=O)(=O)c4cc(Cl)ccc4Cl)C3)cc2)CC1. The number of sulfonamides is 1. The van der Waals surface area contributed by atoms with Gasteiger partial charge < -0.3 is 10.1 Å². The second-order valence-electron chi connectivity index (χ2n) is 8.65. The van der Waals surface area contributed by atoms with Crippen LogP contribution in [-0.2, 0) is 29.8 Å². The lowest BCUT2D eigenvalue weighted by Crippen LogP contribution is -2.43. The van der Waals surface area contributed by atoms with Crippen molar-refractivity contribution in [2.75, 3.05) is 25.0 Å². The largest absolute Gasteiger partial charge is 0.465 e. The van der Waals surface area contributed by atoms with E-state index in [4.69, 9.17) is 27.9 Å². The third-order valence-corrected chi connectivity index (χ3v) is 8.97. The summed E-state index contributed by atoms with van der Waals surface area (Å²) < 4.78 is 32.8. The van der Waals surface area contributed by atoms with Gasteiger partial charge in [0, 0.05) is 23.8 Å². The van der Waals surface area contributed by atoms with Gasteiger partial charge in [0.05, 0.1) is 23.0 Å². The number of benzene rings is 2. The lowest BCUT2D eigenvalue weighted by molar-refractivity contribution is -0.146. The van der Waals surface area contributed by atoms with Gasteiger partial charge in [0.15, 0.2) is 0 Å². The van der Waals surface area contributed by atoms with Crippen molar-refractivity contribution in [3.8, 4) is 0 Å². The quantitative estimate of drug-likeness (QED) is 0.533. The Kier molecular flexibility index (Phi) is 7.24. The maximum atomic E-state index is 13.1. The summed E-state index contributed by atoms with van der Waals surface area (Å²) >= 11 is 12.1. The van der Waals surface area contributed by atoms with Gasteiger partial charge >= 0.3 is 5.97 Å². The molecule has 1 saturated heterocycles. The number of amides is 1. The van der Waals surface area contributed by atoms with Crippen LogP contribution in [0.3, 0.4) is 0 Å². The van der Waals surface area contributed by atoms with E-state index in [0.29, 0.717) is 31.7 Å². The second-order valence-corrected chi connectivity index (χ2v) is 11.4. The molecule has 1 heterocycles. The molecule has 34 heavy (non-hydrogen) atoms. The molecule has 0 bridgehead atoms. The minimum absolute atomic E-state index is 0.0566. The van der Waals surface area contributed by atoms with Crippen molar-refractivity contribution in [1.82, 2.24) is 4.31 Å². The fourth-order valence-electron chi connectivity index (χ4n) is 4.31. The molecule has 10 heteroatoms. The topological polar surface area (TPSA) is 92.8 Å². The number of nitrogens with one attached hydrogen (secondary N) is 1. The highest BCUT2D eigenvalue weighted by molar-refractivity contribution is 7.89. The monoisotopic (exact) mass is 524 g/mol. The fourth-order valence-corrected chi connectivity index (χ4v) is 6.57. The summed E-state index contributed by atoms with van der Waals surface area (Å²) in [5.74, 6) is -0.970. The van der Waals surface area contributed by atoms with Crippen LogP contribution < -0.4 is 5.32 Å². The number of anilines is 1. The van der Waals surface area contributed by atoms with Crippen molar-refractivity contribution >= 4 is 50.8 Å². The molecule has 2 aromatic carbocycles. The summed E-state index contributed by atoms with van der Waals surface area (Å²) in [5.41, 5.74) is 0.891. The van der Waals surface area contributed by atoms with E-state index in [9.17, 15) is 18.0 Å². The number of carbonyl (C=O) groups is 2. The van der Waals surface area contributed by atoms with E-state index in [-0.39, 0.29) is 33.4 Å². The Morgan fingerprint density at radius 3 is 2.50 bits per heavy atom. The zero-order chi connectivity index (χ0) is 24.5. The average Bonchev–Trinajstić information content (AvgIpc) is 3.63. The zero-order valence-electron chi connectivity index (χ0n) is 18.7. The lowest BCUT2D eigenvalue weighted by Gasteiger charge is -2.31. The van der Waals surface area contributed by atoms with Crippen LogP contribution in [0.2, 0.25) is 10.0 Å². The highest BCUT2D eigenvalue weighted by atomic mass is 35.5. The number of halogens is 2. The van der Waals surface area contributed by atoms with Crippen molar-refractivity contribution < 1.29 is 22.7 Å². The van der Waals surface area contributed by atoms with Gasteiger partial charge in [0.1, 0.15) is 4.90 Å². The maximum Gasteiger partial charge on any atom is 0.316 e. The standard InChI is InChI=1S/C24H26Cl2N2O5S/c1-2-33-23(30)24(11-12-24)17-5-8-19(9-6-17)27-22(29)16-4-3-13-28(15-16)34(31,32)21-14-18(25)7-10-20(21)26/h5-10,14,16H,2-4,11-13,15H2,1H3,(H,27,29)/t16-/m0/s1. The fraction of sp³-hybridized carbons (Fsp3) is 0.417. The van der Waals surface area contributed by atoms with E-state index < -0.39 is 21.4 Å². The first-order valence-electron chi connectivity index (χ1n) is 11.2. The number of hydrogen-bond acceptors (Lipinski definition) is 5. The number of carbonyl (C=O) groups excluding carboxylic acids is 2. The van der Waals surface area contributed by atoms with Crippen LogP contribution in [0.1, 0.15) is 38.2 Å². The van der Waals surface area contributed by atoms with Crippen molar-refractivity contribution in [1.29, 1.82) is 0 Å². The summed E-state index contributed by atoms with van der Waals surface area (Å²) in [7, 11) is -3.89. The van der Waals surface area contributed by atoms with E-state index in [2.05, 4.69) is 5.32 Å². The van der Waals surface area contributed by atoms with Gasteiger partial charge in [-0.25, -0.2) is 8.42 Å². The first-order valence-corrected chi connectivity index (χ1v) is 13.4. The third kappa shape index (κ3) is 4.96. The predicted octanol–water partition coefficient (Wildman–Crippen LogP) is 4.63. The van der Waals surface area contributed by atoms with Crippen molar-refractivity contribution in [2.24, 2.45) is 5.92 Å². The molecule has 0 unspecified atom stereocenters. The molecule has 2 fully saturated rings. The van der Waals surface area contributed by atoms with Gasteiger partial charge in [-0.2, -0.15) is 4.31 Å². The Morgan fingerprint density at radius 2 is 1.85 bits per heavy atom. The van der Waals surface area contributed by atoms with E-state index in [1.165, 1.54) is 22.5 Å². The molecular formula is C24H26Cl2N2O5S. The first kappa shape index (κ1) is 25.0. The van der Waals surface area contributed by atoms with Crippen LogP contribution >= 0.6 is 23.2 Å². The van der Waals surface area contributed by atoms with E-state index in [1.807, 2.05) is 12.1 Å². The van der Waals surface area contributed by atoms with Crippen LogP contribution in [0.5, 0.6) is 0 Å². The summed E-state index contributed by atoms with van der Waals surface area (Å²) in [6.45, 7) is 2.49. The minimum atomic E-state index is -3.89. The average molecular weight is 525 g/mol. The number of piperidine rings is 1. The van der Waals surface area contributed by atoms with Gasteiger partial charge in [0.25, 0.3) is 0 Å². The Morgan fingerprint density at radius 1 is 1.15 bits per heavy atom. The maximum absolute atomic E-state index is 13.1. The van der Waals surface area contributed by atoms with Crippen LogP contribution in [-0.4, -0.2) is 44.3 Å². The molecule has 1 N–H and O–H groups in total. The molecule has 1 aliphatic carbocycles. The molecule has 7 nitrogen and oxygen atoms in total. The van der Waals surface area contributed by atoms with Crippen molar-refractivity contribution in [3.63, 3.8) is 0 Å². The van der Waals surface area contributed by atoms with Gasteiger partial charge in [-0.15, -0.1) is 0 Å². The van der Waals surface area contributed by atoms with Crippen LogP contribution in [0.4, 0.5) is 5.69 Å². The van der Waals surface area contributed by atoms with Crippen molar-refractivity contribution in [3.05, 3.63) is 58.1 Å². The summed E-state index contributed by atoms with van der Waals surface area (Å²) in [6.07, 6.45) is 2.63. The molecule has 4 rings (SSSR count). The molecular weight excluding hydrogens is 499 g/mol. The Labute approximate surface area is 209 Å². The summed E-state index contributed by atoms with van der Waals surface area (Å²) in [6, 6.07) is 11.5. The molecule has 0 spiro atoms. The molecule has 1 saturated carbocycles. The first-order chi connectivity index (χ1) is 16.2. The highest BCUT2D eigenvalue weighted by Gasteiger charge is 2.52. The Bertz CT molecular complexity index is 1200. The van der Waals surface area contributed by atoms with Gasteiger partial charge in [-0.1, -0.05) is 35.3 Å². The Hall–Kier alpha value is -2.13. The predicted molar refractivity (Wildman–Crippen MR) is 131 cm³/mol. The number of hydrogen-bond donors (Lipinski definition) is 1. The summed E-state index contributed by atoms with van der Waals surface area (Å²) in [5, 5.41) is 3.24. The van der Waals surface area contributed by atoms with Gasteiger partial charge in [-0.3, -0.25) is 9.59 Å².